The molecule has 1 N–H and O–H groups in total. The summed E-state index contributed by atoms with van der Waals surface area (Å²) in [5.74, 6) is 2.01. The van der Waals surface area contributed by atoms with Crippen LogP contribution >= 0.6 is 11.8 Å². The quantitative estimate of drug-likeness (QED) is 0.186. The third-order valence-electron chi connectivity index (χ3n) is 5.29. The maximum Gasteiger partial charge on any atom is 0.259 e. The monoisotopic (exact) mass is 499 g/mol. The number of benzene rings is 3. The van der Waals surface area contributed by atoms with E-state index >= 15 is 0 Å². The molecule has 0 saturated heterocycles. The lowest BCUT2D eigenvalue weighted by atomic mass is 10.1. The molecule has 0 aromatic heterocycles. The van der Waals surface area contributed by atoms with Gasteiger partial charge in [0.05, 0.1) is 23.4 Å². The van der Waals surface area contributed by atoms with Crippen molar-refractivity contribution < 1.29 is 19.1 Å². The molecule has 3 aromatic carbocycles. The van der Waals surface area contributed by atoms with E-state index in [2.05, 4.69) is 21.3 Å². The van der Waals surface area contributed by atoms with Gasteiger partial charge >= 0.3 is 0 Å². The standard InChI is InChI=1S/C26H21N5O4S/c1-3-13-35-22-15-18(29-30-27)8-10-19(22)25(32)28-17-9-11-21-24(16-17)36-23-7-5-4-6-20(23)26(33)31(21)12-14-34-2/h1,4-11,15-16H,12-14H2,2H3,(H,28,32). The number of ether oxygens (including phenoxy) is 2. The number of methoxy groups -OCH3 is 1. The first-order chi connectivity index (χ1) is 17.5. The van der Waals surface area contributed by atoms with Crippen LogP contribution in [0.15, 0.2) is 75.6 Å². The Balaban J connectivity index is 1.67. The smallest absolute Gasteiger partial charge is 0.259 e. The zero-order chi connectivity index (χ0) is 25.5. The van der Waals surface area contributed by atoms with Gasteiger partial charge in [-0.2, -0.15) is 0 Å². The van der Waals surface area contributed by atoms with Crippen LogP contribution in [0.4, 0.5) is 17.1 Å². The van der Waals surface area contributed by atoms with Gasteiger partial charge < -0.3 is 19.7 Å². The number of azide groups is 1. The first-order valence-electron chi connectivity index (χ1n) is 10.8. The predicted octanol–water partition coefficient (Wildman–Crippen LogP) is 5.65. The van der Waals surface area contributed by atoms with Gasteiger partial charge in [0.15, 0.2) is 0 Å². The molecular weight excluding hydrogens is 478 g/mol. The van der Waals surface area contributed by atoms with Crippen LogP contribution in [-0.2, 0) is 4.74 Å². The summed E-state index contributed by atoms with van der Waals surface area (Å²) in [6.45, 7) is 0.708. The average molecular weight is 500 g/mol. The van der Waals surface area contributed by atoms with Crippen molar-refractivity contribution in [3.63, 3.8) is 0 Å². The van der Waals surface area contributed by atoms with E-state index in [1.807, 2.05) is 24.3 Å². The minimum Gasteiger partial charge on any atom is -0.480 e. The van der Waals surface area contributed by atoms with Crippen LogP contribution in [0.1, 0.15) is 20.7 Å². The first-order valence-corrected chi connectivity index (χ1v) is 11.7. The Morgan fingerprint density at radius 1 is 1.19 bits per heavy atom. The molecule has 1 heterocycles. The Bertz CT molecular complexity index is 1410. The number of fused-ring (bicyclic) bond motifs is 2. The maximum absolute atomic E-state index is 13.3. The highest BCUT2D eigenvalue weighted by Crippen LogP contribution is 2.42. The number of terminal acetylenes is 1. The Hall–Kier alpha value is -4.42. The van der Waals surface area contributed by atoms with Gasteiger partial charge in [-0.25, -0.2) is 0 Å². The van der Waals surface area contributed by atoms with Crippen LogP contribution in [0.5, 0.6) is 5.75 Å². The molecule has 2 amide bonds. The van der Waals surface area contributed by atoms with E-state index < -0.39 is 5.91 Å². The largest absolute Gasteiger partial charge is 0.480 e. The van der Waals surface area contributed by atoms with Gasteiger partial charge in [-0.05, 0) is 48.0 Å². The molecule has 0 bridgehead atoms. The Labute approximate surface area is 212 Å². The summed E-state index contributed by atoms with van der Waals surface area (Å²) in [6, 6.07) is 17.2. The van der Waals surface area contributed by atoms with Gasteiger partial charge in [-0.15, -0.1) is 6.42 Å². The predicted molar refractivity (Wildman–Crippen MR) is 138 cm³/mol. The lowest BCUT2D eigenvalue weighted by Crippen LogP contribution is -2.33. The zero-order valence-electron chi connectivity index (χ0n) is 19.3. The van der Waals surface area contributed by atoms with Crippen LogP contribution in [0.3, 0.4) is 0 Å². The fourth-order valence-corrected chi connectivity index (χ4v) is 4.77. The van der Waals surface area contributed by atoms with Crippen LogP contribution in [-0.4, -0.2) is 38.7 Å². The number of amides is 2. The maximum atomic E-state index is 13.3. The molecule has 3 aromatic rings. The third-order valence-corrected chi connectivity index (χ3v) is 6.41. The van der Waals surface area contributed by atoms with Crippen molar-refractivity contribution >= 4 is 40.6 Å². The lowest BCUT2D eigenvalue weighted by Gasteiger charge is -2.23. The van der Waals surface area contributed by atoms with E-state index in [1.165, 1.54) is 30.0 Å². The summed E-state index contributed by atoms with van der Waals surface area (Å²) >= 11 is 1.46. The zero-order valence-corrected chi connectivity index (χ0v) is 20.1. The SMILES string of the molecule is C#CCOc1cc(N=[N+]=[N-])ccc1C(=O)Nc1ccc2c(c1)Sc1ccccc1C(=O)N2CCOC. The molecule has 10 heteroatoms. The molecule has 36 heavy (non-hydrogen) atoms. The van der Waals surface area contributed by atoms with Gasteiger partial charge in [-0.3, -0.25) is 9.59 Å². The van der Waals surface area contributed by atoms with Gasteiger partial charge in [0.25, 0.3) is 11.8 Å². The van der Waals surface area contributed by atoms with Gasteiger partial charge in [-0.1, -0.05) is 41.0 Å². The number of nitrogens with one attached hydrogen (secondary N) is 1. The van der Waals surface area contributed by atoms with Crippen LogP contribution in [0, 0.1) is 12.3 Å². The van der Waals surface area contributed by atoms with Crippen molar-refractivity contribution in [2.75, 3.05) is 37.1 Å². The third kappa shape index (κ3) is 5.29. The molecule has 4 rings (SSSR count). The van der Waals surface area contributed by atoms with E-state index in [0.29, 0.717) is 30.1 Å². The Morgan fingerprint density at radius 2 is 2.03 bits per heavy atom. The second kappa shape index (κ2) is 11.3. The molecule has 0 fully saturated rings. The molecular formula is C26H21N5O4S. The minimum absolute atomic E-state index is 0.0553. The van der Waals surface area contributed by atoms with E-state index in [4.69, 9.17) is 21.4 Å². The van der Waals surface area contributed by atoms with E-state index in [1.54, 1.807) is 30.2 Å². The highest BCUT2D eigenvalue weighted by atomic mass is 32.2. The molecule has 9 nitrogen and oxygen atoms in total. The van der Waals surface area contributed by atoms with Crippen molar-refractivity contribution in [3.8, 4) is 18.1 Å². The normalized spacial score (nSPS) is 11.9. The van der Waals surface area contributed by atoms with Gasteiger partial charge in [0, 0.05) is 39.7 Å². The molecule has 0 radical (unpaired) electrons. The van der Waals surface area contributed by atoms with Gasteiger partial charge in [0.2, 0.25) is 0 Å². The number of nitrogens with zero attached hydrogens (tertiary/aromatic N) is 4. The summed E-state index contributed by atoms with van der Waals surface area (Å²) in [5, 5.41) is 6.42. The minimum atomic E-state index is -0.430. The molecule has 180 valence electrons. The first kappa shape index (κ1) is 24.7. The highest BCUT2D eigenvalue weighted by Gasteiger charge is 2.27. The second-order valence-electron chi connectivity index (χ2n) is 7.55. The molecule has 1 aliphatic heterocycles. The van der Waals surface area contributed by atoms with Crippen LogP contribution in [0.25, 0.3) is 10.4 Å². The Morgan fingerprint density at radius 3 is 2.81 bits per heavy atom. The summed E-state index contributed by atoms with van der Waals surface area (Å²) in [4.78, 5) is 32.5. The summed E-state index contributed by atoms with van der Waals surface area (Å²) in [5.41, 5.74) is 11.1. The van der Waals surface area contributed by atoms with Crippen molar-refractivity contribution in [3.05, 3.63) is 82.2 Å². The molecule has 0 aliphatic carbocycles. The van der Waals surface area contributed by atoms with E-state index in [-0.39, 0.29) is 23.8 Å². The summed E-state index contributed by atoms with van der Waals surface area (Å²) < 4.78 is 10.7. The number of rotatable bonds is 8. The summed E-state index contributed by atoms with van der Waals surface area (Å²) in [6.07, 6.45) is 5.29. The number of hydrogen-bond acceptors (Lipinski definition) is 6. The highest BCUT2D eigenvalue weighted by molar-refractivity contribution is 7.99. The van der Waals surface area contributed by atoms with Crippen molar-refractivity contribution in [1.82, 2.24) is 0 Å². The number of hydrogen-bond donors (Lipinski definition) is 1. The topological polar surface area (TPSA) is 117 Å². The fraction of sp³-hybridized carbons (Fsp3) is 0.154. The van der Waals surface area contributed by atoms with Crippen molar-refractivity contribution in [2.24, 2.45) is 5.11 Å². The lowest BCUT2D eigenvalue weighted by molar-refractivity contribution is 0.0971. The molecule has 0 saturated carbocycles. The Kier molecular flexibility index (Phi) is 7.78. The van der Waals surface area contributed by atoms with Crippen molar-refractivity contribution in [1.29, 1.82) is 0 Å². The summed E-state index contributed by atoms with van der Waals surface area (Å²) in [7, 11) is 1.59. The molecule has 1 aliphatic rings. The molecule has 0 unspecified atom stereocenters. The fourth-order valence-electron chi connectivity index (χ4n) is 3.66. The van der Waals surface area contributed by atoms with Crippen LogP contribution < -0.4 is 15.0 Å². The van der Waals surface area contributed by atoms with Crippen LogP contribution in [0.2, 0.25) is 0 Å². The molecule has 0 atom stereocenters. The number of carbonyl (C=O) groups excluding carboxylic acids is 2. The van der Waals surface area contributed by atoms with E-state index in [9.17, 15) is 9.59 Å². The molecule has 0 spiro atoms. The number of anilines is 2. The van der Waals surface area contributed by atoms with Crippen molar-refractivity contribution in [2.45, 2.75) is 9.79 Å². The average Bonchev–Trinajstić information content (AvgIpc) is 3.00. The second-order valence-corrected chi connectivity index (χ2v) is 8.63. The number of carbonyl (C=O) groups is 2. The van der Waals surface area contributed by atoms with E-state index in [0.717, 1.165) is 15.5 Å². The van der Waals surface area contributed by atoms with Gasteiger partial charge in [0.1, 0.15) is 12.4 Å².